The number of Topliss-reactive ketones (excluding diaryl/α,β-unsaturated/α-hetero) is 1. The van der Waals surface area contributed by atoms with E-state index in [1.165, 1.54) is 0 Å². The second kappa shape index (κ2) is 10.7. The second-order valence-corrected chi connectivity index (χ2v) is 12.8. The molecule has 0 spiro atoms. The fraction of sp³-hybridized carbons (Fsp3) is 0.242. The number of ether oxygens (including phenoxy) is 1. The fourth-order valence-electron chi connectivity index (χ4n) is 5.22. The summed E-state index contributed by atoms with van der Waals surface area (Å²) in [6.45, 7) is 9.47. The predicted molar refractivity (Wildman–Crippen MR) is 170 cm³/mol. The molecule has 0 radical (unpaired) electrons. The van der Waals surface area contributed by atoms with Gasteiger partial charge in [0.05, 0.1) is 27.0 Å². The summed E-state index contributed by atoms with van der Waals surface area (Å²) in [6, 6.07) is 17.6. The number of carbonyl (C=O) groups excluding carboxylic acids is 1. The lowest BCUT2D eigenvalue weighted by molar-refractivity contribution is -0.138. The van der Waals surface area contributed by atoms with Crippen LogP contribution >= 0.6 is 22.9 Å². The molecule has 0 saturated carbocycles. The minimum Gasteiger partial charge on any atom is -0.360 e. The van der Waals surface area contributed by atoms with E-state index in [0.29, 0.717) is 5.02 Å². The Morgan fingerprint density at radius 2 is 1.81 bits per heavy atom. The number of hydrogen-bond acceptors (Lipinski definition) is 7. The summed E-state index contributed by atoms with van der Waals surface area (Å²) in [5.41, 5.74) is 8.07. The number of pyridine rings is 2. The third-order valence-corrected chi connectivity index (χ3v) is 8.38. The number of benzene rings is 2. The van der Waals surface area contributed by atoms with Crippen LogP contribution in [0.25, 0.3) is 54.3 Å². The molecule has 2 aromatic carbocycles. The number of ketones is 1. The maximum absolute atomic E-state index is 13.1. The quantitative estimate of drug-likeness (QED) is 0.192. The molecule has 212 valence electrons. The third kappa shape index (κ3) is 5.22. The average Bonchev–Trinajstić information content (AvgIpc) is 3.52. The number of carbonyl (C=O) groups is 1. The Hall–Kier alpha value is -3.98. The van der Waals surface area contributed by atoms with Crippen molar-refractivity contribution in [3.63, 3.8) is 0 Å². The van der Waals surface area contributed by atoms with Crippen LogP contribution in [0.3, 0.4) is 0 Å². The summed E-state index contributed by atoms with van der Waals surface area (Å²) in [5, 5.41) is 6.14. The largest absolute Gasteiger partial charge is 0.360 e. The number of fused-ring (bicyclic) bond motifs is 2. The van der Waals surface area contributed by atoms with Crippen molar-refractivity contribution in [3.8, 4) is 33.1 Å². The van der Waals surface area contributed by atoms with Gasteiger partial charge in [-0.25, -0.2) is 9.97 Å². The lowest BCUT2D eigenvalue weighted by Gasteiger charge is -2.29. The number of aryl methyl sites for hydroxylation is 2. The van der Waals surface area contributed by atoms with Gasteiger partial charge >= 0.3 is 0 Å². The van der Waals surface area contributed by atoms with Crippen LogP contribution < -0.4 is 0 Å². The average molecular weight is 596 g/mol. The fourth-order valence-corrected chi connectivity index (χ4v) is 6.44. The molecule has 4 heterocycles. The van der Waals surface area contributed by atoms with Gasteiger partial charge in [0.25, 0.3) is 0 Å². The Bertz CT molecular complexity index is 1960. The van der Waals surface area contributed by atoms with Crippen LogP contribution in [0.15, 0.2) is 67.0 Å². The third-order valence-electron chi connectivity index (χ3n) is 7.01. The van der Waals surface area contributed by atoms with Gasteiger partial charge in [0.1, 0.15) is 22.3 Å². The molecule has 0 fully saturated rings. The number of halogens is 1. The van der Waals surface area contributed by atoms with Crippen LogP contribution in [0.1, 0.15) is 44.9 Å². The van der Waals surface area contributed by atoms with Crippen LogP contribution in [0.5, 0.6) is 0 Å². The maximum Gasteiger partial charge on any atom is 0.163 e. The van der Waals surface area contributed by atoms with E-state index >= 15 is 0 Å². The Labute approximate surface area is 253 Å². The molecule has 6 rings (SSSR count). The molecule has 0 aliphatic heterocycles. The molecule has 7 nitrogen and oxygen atoms in total. The van der Waals surface area contributed by atoms with Gasteiger partial charge in [-0.2, -0.15) is 5.10 Å². The van der Waals surface area contributed by atoms with E-state index in [0.717, 1.165) is 65.5 Å². The normalized spacial score (nSPS) is 12.7. The first kappa shape index (κ1) is 28.2. The van der Waals surface area contributed by atoms with Crippen molar-refractivity contribution in [2.24, 2.45) is 7.05 Å². The van der Waals surface area contributed by atoms with Crippen molar-refractivity contribution >= 4 is 50.0 Å². The van der Waals surface area contributed by atoms with Crippen molar-refractivity contribution in [1.82, 2.24) is 24.7 Å². The summed E-state index contributed by atoms with van der Waals surface area (Å²) in [5.74, 6) is -0.0565. The molecular weight excluding hydrogens is 566 g/mol. The van der Waals surface area contributed by atoms with Crippen molar-refractivity contribution in [3.05, 3.63) is 83.1 Å². The van der Waals surface area contributed by atoms with Crippen molar-refractivity contribution in [1.29, 1.82) is 0 Å². The lowest BCUT2D eigenvalue weighted by atomic mass is 9.90. The summed E-state index contributed by atoms with van der Waals surface area (Å²) in [7, 11) is 1.91. The summed E-state index contributed by atoms with van der Waals surface area (Å²) in [4.78, 5) is 27.4. The first-order chi connectivity index (χ1) is 20.0. The Balaban J connectivity index is 1.59. The van der Waals surface area contributed by atoms with E-state index in [9.17, 15) is 4.79 Å². The van der Waals surface area contributed by atoms with E-state index in [4.69, 9.17) is 31.4 Å². The molecule has 4 aromatic heterocycles. The van der Waals surface area contributed by atoms with Crippen molar-refractivity contribution in [2.75, 3.05) is 0 Å². The highest BCUT2D eigenvalue weighted by atomic mass is 35.5. The van der Waals surface area contributed by atoms with Gasteiger partial charge in [0, 0.05) is 41.2 Å². The molecule has 0 N–H and O–H groups in total. The summed E-state index contributed by atoms with van der Waals surface area (Å²) < 4.78 is 9.17. The number of hydrogen-bond donors (Lipinski definition) is 0. The number of nitrogens with zero attached hydrogens (tertiary/aromatic N) is 5. The first-order valence-corrected chi connectivity index (χ1v) is 14.8. The van der Waals surface area contributed by atoms with Gasteiger partial charge in [-0.15, -0.1) is 11.3 Å². The molecule has 9 heteroatoms. The van der Waals surface area contributed by atoms with E-state index < -0.39 is 11.7 Å². The Morgan fingerprint density at radius 1 is 1.05 bits per heavy atom. The van der Waals surface area contributed by atoms with Crippen LogP contribution in [0.2, 0.25) is 5.02 Å². The smallest absolute Gasteiger partial charge is 0.163 e. The second-order valence-electron chi connectivity index (χ2n) is 11.4. The Morgan fingerprint density at radius 3 is 2.48 bits per heavy atom. The summed E-state index contributed by atoms with van der Waals surface area (Å²) in [6.07, 6.45) is 2.80. The van der Waals surface area contributed by atoms with Crippen LogP contribution in [-0.2, 0) is 16.6 Å². The summed E-state index contributed by atoms with van der Waals surface area (Å²) >= 11 is 7.82. The zero-order chi connectivity index (χ0) is 29.8. The van der Waals surface area contributed by atoms with Gasteiger partial charge in [0.15, 0.2) is 5.78 Å². The van der Waals surface area contributed by atoms with E-state index in [2.05, 4.69) is 4.98 Å². The van der Waals surface area contributed by atoms with Crippen LogP contribution in [0, 0.1) is 6.92 Å². The highest BCUT2D eigenvalue weighted by molar-refractivity contribution is 7.22. The molecule has 42 heavy (non-hydrogen) atoms. The van der Waals surface area contributed by atoms with Gasteiger partial charge in [-0.1, -0.05) is 23.7 Å². The van der Waals surface area contributed by atoms with E-state index in [1.807, 2.05) is 94.0 Å². The number of rotatable bonds is 6. The maximum atomic E-state index is 13.1. The number of aromatic nitrogens is 5. The zero-order valence-corrected chi connectivity index (χ0v) is 25.8. The SMILES string of the molecule is CC(=O)[C@@H](OC(C)(C)C)c1c(C)cc2nc(-c3ccc4c(n3)c(-c3cccnc3)nn4C)sc2c1-c1ccc(Cl)cc1. The lowest BCUT2D eigenvalue weighted by Crippen LogP contribution is -2.27. The monoisotopic (exact) mass is 595 g/mol. The zero-order valence-electron chi connectivity index (χ0n) is 24.3. The topological polar surface area (TPSA) is 82.8 Å². The van der Waals surface area contributed by atoms with Gasteiger partial charge in [-0.05, 0) is 88.2 Å². The predicted octanol–water partition coefficient (Wildman–Crippen LogP) is 8.38. The molecule has 0 saturated heterocycles. The molecule has 0 bridgehead atoms. The minimum absolute atomic E-state index is 0.0565. The molecule has 0 aliphatic carbocycles. The molecule has 0 unspecified atom stereocenters. The van der Waals surface area contributed by atoms with Crippen LogP contribution in [-0.4, -0.2) is 36.1 Å². The van der Waals surface area contributed by atoms with Gasteiger partial charge in [-0.3, -0.25) is 14.5 Å². The highest BCUT2D eigenvalue weighted by Crippen LogP contribution is 2.44. The standard InChI is InChI=1S/C33H30ClN5O2S/c1-18-16-24-31(27(20-9-11-22(34)12-10-20)26(18)30(19(2)40)41-33(3,4)5)42-32(37-24)23-13-14-25-29(36-23)28(38-39(25)6)21-8-7-15-35-17-21/h7-17,30H,1-6H3/t30-/m1/s1. The molecule has 6 aromatic rings. The molecular formula is C33H30ClN5O2S. The molecule has 1 atom stereocenters. The van der Waals surface area contributed by atoms with Crippen molar-refractivity contribution in [2.45, 2.75) is 46.3 Å². The highest BCUT2D eigenvalue weighted by Gasteiger charge is 2.30. The van der Waals surface area contributed by atoms with E-state index in [1.54, 1.807) is 30.7 Å². The minimum atomic E-state index is -0.738. The molecule has 0 aliphatic rings. The molecule has 0 amide bonds. The van der Waals surface area contributed by atoms with E-state index in [-0.39, 0.29) is 5.78 Å². The van der Waals surface area contributed by atoms with Crippen molar-refractivity contribution < 1.29 is 9.53 Å². The Kier molecular flexibility index (Phi) is 7.17. The van der Waals surface area contributed by atoms with Gasteiger partial charge in [0.2, 0.25) is 0 Å². The van der Waals surface area contributed by atoms with Gasteiger partial charge < -0.3 is 4.74 Å². The van der Waals surface area contributed by atoms with Crippen LogP contribution in [0.4, 0.5) is 0 Å². The number of thiazole rings is 1. The first-order valence-electron chi connectivity index (χ1n) is 13.6.